The van der Waals surface area contributed by atoms with Crippen molar-refractivity contribution in [1.29, 1.82) is 0 Å². The summed E-state index contributed by atoms with van der Waals surface area (Å²) in [4.78, 5) is 12.8. The van der Waals surface area contributed by atoms with Crippen molar-refractivity contribution in [2.45, 2.75) is 19.3 Å². The van der Waals surface area contributed by atoms with Crippen LogP contribution in [0.3, 0.4) is 0 Å². The van der Waals surface area contributed by atoms with E-state index in [0.717, 1.165) is 6.54 Å². The van der Waals surface area contributed by atoms with Crippen LogP contribution >= 0.6 is 0 Å². The average molecular weight is 290 g/mol. The van der Waals surface area contributed by atoms with E-state index in [-0.39, 0.29) is 18.1 Å². The Morgan fingerprint density at radius 2 is 2.29 bits per heavy atom. The number of halogens is 1. The lowest BCUT2D eigenvalue weighted by Gasteiger charge is -2.42. The molecule has 0 spiro atoms. The lowest BCUT2D eigenvalue weighted by atomic mass is 10.1. The Balaban J connectivity index is 1.90. The Labute approximate surface area is 123 Å². The van der Waals surface area contributed by atoms with Gasteiger partial charge in [0.1, 0.15) is 0 Å². The summed E-state index contributed by atoms with van der Waals surface area (Å²) in [5.74, 6) is -0.348. The van der Waals surface area contributed by atoms with Crippen LogP contribution in [0, 0.1) is 5.82 Å². The number of ether oxygens (including phenoxy) is 1. The summed E-state index contributed by atoms with van der Waals surface area (Å²) in [5.41, 5.74) is 1.14. The fourth-order valence-corrected chi connectivity index (χ4v) is 2.66. The van der Waals surface area contributed by atoms with E-state index in [1.54, 1.807) is 12.3 Å². The number of aromatic nitrogens is 1. The van der Waals surface area contributed by atoms with Crippen LogP contribution in [0.4, 0.5) is 4.39 Å². The molecule has 1 fully saturated rings. The van der Waals surface area contributed by atoms with Crippen molar-refractivity contribution in [1.82, 2.24) is 14.8 Å². The van der Waals surface area contributed by atoms with Gasteiger partial charge in [0.2, 0.25) is 0 Å². The first-order valence-corrected chi connectivity index (χ1v) is 7.08. The van der Waals surface area contributed by atoms with Crippen molar-refractivity contribution in [3.63, 3.8) is 0 Å². The van der Waals surface area contributed by atoms with E-state index in [2.05, 4.69) is 16.8 Å². The molecule has 112 valence electrons. The van der Waals surface area contributed by atoms with Crippen molar-refractivity contribution in [2.24, 2.45) is 4.99 Å². The molecule has 2 aliphatic rings. The zero-order chi connectivity index (χ0) is 14.8. The highest BCUT2D eigenvalue weighted by atomic mass is 19.1. The molecule has 1 aromatic rings. The molecule has 1 saturated heterocycles. The van der Waals surface area contributed by atoms with Crippen molar-refractivity contribution in [2.75, 3.05) is 26.8 Å². The number of nitrogens with zero attached hydrogens (tertiary/aromatic N) is 4. The van der Waals surface area contributed by atoms with Gasteiger partial charge >= 0.3 is 0 Å². The first-order chi connectivity index (χ1) is 10.2. The van der Waals surface area contributed by atoms with Crippen LogP contribution in [0.2, 0.25) is 0 Å². The summed E-state index contributed by atoms with van der Waals surface area (Å²) >= 11 is 0. The molecule has 0 aliphatic carbocycles. The summed E-state index contributed by atoms with van der Waals surface area (Å²) in [5, 5.41) is 0. The molecule has 1 aromatic heterocycles. The van der Waals surface area contributed by atoms with Gasteiger partial charge in [-0.3, -0.25) is 9.88 Å². The van der Waals surface area contributed by atoms with Gasteiger partial charge in [-0.15, -0.1) is 0 Å². The smallest absolute Gasteiger partial charge is 0.179 e. The second-order valence-corrected chi connectivity index (χ2v) is 5.36. The van der Waals surface area contributed by atoms with Crippen LogP contribution < -0.4 is 0 Å². The predicted molar refractivity (Wildman–Crippen MR) is 78.4 cm³/mol. The highest BCUT2D eigenvalue weighted by molar-refractivity contribution is 6.09. The summed E-state index contributed by atoms with van der Waals surface area (Å²) in [7, 11) is 1.98. The molecule has 6 heteroatoms. The van der Waals surface area contributed by atoms with Crippen LogP contribution in [0.1, 0.15) is 12.5 Å². The molecule has 1 unspecified atom stereocenters. The van der Waals surface area contributed by atoms with Gasteiger partial charge in [0, 0.05) is 37.6 Å². The molecule has 21 heavy (non-hydrogen) atoms. The quantitative estimate of drug-likeness (QED) is 0.827. The van der Waals surface area contributed by atoms with E-state index in [1.807, 2.05) is 24.2 Å². The van der Waals surface area contributed by atoms with E-state index in [4.69, 9.17) is 9.73 Å². The Bertz CT molecular complexity index is 575. The van der Waals surface area contributed by atoms with E-state index < -0.39 is 0 Å². The van der Waals surface area contributed by atoms with Crippen molar-refractivity contribution < 1.29 is 9.13 Å². The standard InChI is InChI=1S/C15H19FN4O/c1-11-10-21-8-7-20(11)15-18-14(4-6-19(15)2)12-3-5-17-9-13(12)16/h3-6,9,11,15H,7-8,10H2,1-2H3/t11-,15?/m0/s1. The maximum Gasteiger partial charge on any atom is 0.179 e. The van der Waals surface area contributed by atoms with Gasteiger partial charge in [-0.05, 0) is 19.1 Å². The molecule has 5 nitrogen and oxygen atoms in total. The maximum atomic E-state index is 13.9. The number of hydrogen-bond donors (Lipinski definition) is 0. The van der Waals surface area contributed by atoms with Crippen LogP contribution in [0.15, 0.2) is 35.7 Å². The zero-order valence-electron chi connectivity index (χ0n) is 12.2. The molecule has 0 saturated carbocycles. The van der Waals surface area contributed by atoms with E-state index in [0.29, 0.717) is 24.5 Å². The molecule has 0 bridgehead atoms. The normalized spacial score (nSPS) is 26.8. The molecule has 2 atom stereocenters. The minimum Gasteiger partial charge on any atom is -0.379 e. The van der Waals surface area contributed by atoms with Gasteiger partial charge in [-0.2, -0.15) is 0 Å². The topological polar surface area (TPSA) is 41.0 Å². The fourth-order valence-electron chi connectivity index (χ4n) is 2.66. The molecular formula is C15H19FN4O. The van der Waals surface area contributed by atoms with Crippen LogP contribution in [0.25, 0.3) is 0 Å². The van der Waals surface area contributed by atoms with Gasteiger partial charge in [0.05, 0.1) is 25.1 Å². The molecule has 0 radical (unpaired) electrons. The van der Waals surface area contributed by atoms with Crippen LogP contribution in [-0.2, 0) is 4.74 Å². The molecule has 0 aromatic carbocycles. The monoisotopic (exact) mass is 290 g/mol. The molecule has 3 heterocycles. The third-order valence-electron chi connectivity index (χ3n) is 3.85. The summed E-state index contributed by atoms with van der Waals surface area (Å²) in [6, 6.07) is 1.94. The van der Waals surface area contributed by atoms with Crippen LogP contribution in [-0.4, -0.2) is 59.6 Å². The first-order valence-electron chi connectivity index (χ1n) is 7.08. The zero-order valence-corrected chi connectivity index (χ0v) is 12.2. The SMILES string of the molecule is C[C@H]1COCCN1C1N=C(c2ccncc2F)C=CN1C. The minimum atomic E-state index is -0.348. The number of aliphatic imine (C=N–C) groups is 1. The van der Waals surface area contributed by atoms with Gasteiger partial charge in [-0.1, -0.05) is 0 Å². The largest absolute Gasteiger partial charge is 0.379 e. The number of morpholine rings is 1. The lowest BCUT2D eigenvalue weighted by Crippen LogP contribution is -2.54. The van der Waals surface area contributed by atoms with E-state index >= 15 is 0 Å². The van der Waals surface area contributed by atoms with Crippen molar-refractivity contribution >= 4 is 5.71 Å². The molecule has 0 N–H and O–H groups in total. The summed E-state index contributed by atoms with van der Waals surface area (Å²) in [6.45, 7) is 4.34. The minimum absolute atomic E-state index is 0.128. The highest BCUT2D eigenvalue weighted by Crippen LogP contribution is 2.20. The summed E-state index contributed by atoms with van der Waals surface area (Å²) in [6.07, 6.45) is 6.45. The predicted octanol–water partition coefficient (Wildman–Crippen LogP) is 1.47. The molecule has 3 rings (SSSR count). The fraction of sp³-hybridized carbons (Fsp3) is 0.467. The molecule has 0 amide bonds. The Hall–Kier alpha value is -1.79. The number of allylic oxidation sites excluding steroid dienone is 1. The highest BCUT2D eigenvalue weighted by Gasteiger charge is 2.30. The average Bonchev–Trinajstić information content (AvgIpc) is 2.49. The lowest BCUT2D eigenvalue weighted by molar-refractivity contribution is -0.0479. The third-order valence-corrected chi connectivity index (χ3v) is 3.85. The van der Waals surface area contributed by atoms with Crippen LogP contribution in [0.5, 0.6) is 0 Å². The molecular weight excluding hydrogens is 271 g/mol. The second kappa shape index (κ2) is 5.91. The third kappa shape index (κ3) is 2.82. The first kappa shape index (κ1) is 14.2. The Morgan fingerprint density at radius 1 is 1.43 bits per heavy atom. The Kier molecular flexibility index (Phi) is 3.98. The number of rotatable bonds is 2. The number of hydrogen-bond acceptors (Lipinski definition) is 5. The van der Waals surface area contributed by atoms with Gasteiger partial charge in [-0.25, -0.2) is 9.38 Å². The van der Waals surface area contributed by atoms with Gasteiger partial charge in [0.25, 0.3) is 0 Å². The van der Waals surface area contributed by atoms with Gasteiger partial charge in [0.15, 0.2) is 12.1 Å². The Morgan fingerprint density at radius 3 is 3.05 bits per heavy atom. The summed E-state index contributed by atoms with van der Waals surface area (Å²) < 4.78 is 19.4. The van der Waals surface area contributed by atoms with E-state index in [1.165, 1.54) is 6.20 Å². The van der Waals surface area contributed by atoms with Crippen molar-refractivity contribution in [3.8, 4) is 0 Å². The molecule has 2 aliphatic heterocycles. The van der Waals surface area contributed by atoms with Gasteiger partial charge < -0.3 is 9.64 Å². The maximum absolute atomic E-state index is 13.9. The van der Waals surface area contributed by atoms with E-state index in [9.17, 15) is 4.39 Å². The number of pyridine rings is 1. The van der Waals surface area contributed by atoms with Crippen molar-refractivity contribution in [3.05, 3.63) is 42.1 Å². The second-order valence-electron chi connectivity index (χ2n) is 5.36.